The molecule has 3 N–H and O–H groups in total. The van der Waals surface area contributed by atoms with Gasteiger partial charge in [0.05, 0.1) is 11.9 Å². The van der Waals surface area contributed by atoms with Gasteiger partial charge in [0.25, 0.3) is 0 Å². The van der Waals surface area contributed by atoms with E-state index in [1.165, 1.54) is 5.56 Å². The van der Waals surface area contributed by atoms with Crippen LogP contribution in [0.25, 0.3) is 5.65 Å². The fourth-order valence-electron chi connectivity index (χ4n) is 3.54. The molecule has 148 valence electrons. The van der Waals surface area contributed by atoms with Gasteiger partial charge in [-0.15, -0.1) is 5.10 Å². The molecule has 0 bridgehead atoms. The van der Waals surface area contributed by atoms with Gasteiger partial charge in [0, 0.05) is 31.9 Å². The topological polar surface area (TPSA) is 87.6 Å². The molecule has 1 aliphatic rings. The van der Waals surface area contributed by atoms with E-state index in [2.05, 4.69) is 56.3 Å². The lowest BCUT2D eigenvalue weighted by Crippen LogP contribution is -2.44. The second kappa shape index (κ2) is 8.12. The number of hydrogen-bond acceptors (Lipinski definition) is 7. The molecule has 2 aromatic heterocycles. The first-order valence-electron chi connectivity index (χ1n) is 9.83. The van der Waals surface area contributed by atoms with E-state index in [4.69, 9.17) is 5.73 Å². The number of anilines is 3. The van der Waals surface area contributed by atoms with Crippen LogP contribution in [0, 0.1) is 6.92 Å². The highest BCUT2D eigenvalue weighted by Gasteiger charge is 2.14. The Morgan fingerprint density at radius 1 is 1.14 bits per heavy atom. The summed E-state index contributed by atoms with van der Waals surface area (Å²) in [5.74, 6) is 0.940. The molecule has 1 aliphatic heterocycles. The summed E-state index contributed by atoms with van der Waals surface area (Å²) in [6.07, 6.45) is 3.88. The highest BCUT2D eigenvalue weighted by Crippen LogP contribution is 2.18. The molecule has 4 rings (SSSR count). The van der Waals surface area contributed by atoms with Crippen LogP contribution < -0.4 is 11.1 Å². The molecule has 0 atom stereocenters. The van der Waals surface area contributed by atoms with Crippen LogP contribution >= 0.6 is 0 Å². The molecule has 0 radical (unpaired) electrons. The molecule has 3 heterocycles. The number of nitrogens with zero attached hydrogens (tertiary/aromatic N) is 6. The molecule has 8 nitrogen and oxygen atoms in total. The summed E-state index contributed by atoms with van der Waals surface area (Å²) in [7, 11) is 2.18. The van der Waals surface area contributed by atoms with Crippen molar-refractivity contribution in [2.75, 3.05) is 50.8 Å². The summed E-state index contributed by atoms with van der Waals surface area (Å²) in [6.45, 7) is 7.72. The number of rotatable bonds is 6. The maximum atomic E-state index is 6.14. The number of aryl methyl sites for hydroxylation is 2. The monoisotopic (exact) mass is 380 g/mol. The van der Waals surface area contributed by atoms with E-state index < -0.39 is 0 Å². The molecular formula is C20H28N8. The molecule has 0 spiro atoms. The van der Waals surface area contributed by atoms with Gasteiger partial charge >= 0.3 is 0 Å². The largest absolute Gasteiger partial charge is 0.381 e. The van der Waals surface area contributed by atoms with Crippen LogP contribution in [0.3, 0.4) is 0 Å². The summed E-state index contributed by atoms with van der Waals surface area (Å²) >= 11 is 0. The second-order valence-corrected chi connectivity index (χ2v) is 7.56. The minimum atomic E-state index is 0.418. The van der Waals surface area contributed by atoms with Gasteiger partial charge in [-0.1, -0.05) is 12.1 Å². The van der Waals surface area contributed by atoms with Crippen molar-refractivity contribution in [3.05, 3.63) is 41.7 Å². The first-order chi connectivity index (χ1) is 13.6. The first kappa shape index (κ1) is 18.6. The number of aromatic nitrogens is 4. The summed E-state index contributed by atoms with van der Waals surface area (Å²) in [5.41, 5.74) is 9.80. The molecule has 1 fully saturated rings. The van der Waals surface area contributed by atoms with Crippen LogP contribution in [0.2, 0.25) is 0 Å². The van der Waals surface area contributed by atoms with Crippen LogP contribution in [0.15, 0.2) is 30.5 Å². The van der Waals surface area contributed by atoms with E-state index in [1.807, 2.05) is 18.3 Å². The summed E-state index contributed by atoms with van der Waals surface area (Å²) in [4.78, 5) is 13.9. The highest BCUT2D eigenvalue weighted by molar-refractivity contribution is 5.63. The molecule has 0 amide bonds. The summed E-state index contributed by atoms with van der Waals surface area (Å²) in [6, 6.07) is 8.10. The van der Waals surface area contributed by atoms with Crippen LogP contribution in [-0.2, 0) is 6.42 Å². The van der Waals surface area contributed by atoms with Crippen LogP contribution in [0.1, 0.15) is 17.7 Å². The van der Waals surface area contributed by atoms with Gasteiger partial charge in [-0.25, -0.2) is 9.50 Å². The average Bonchev–Trinajstić information content (AvgIpc) is 3.06. The smallest absolute Gasteiger partial charge is 0.247 e. The SMILES string of the molecule is Cc1cccc(Nc2nc3c(N)nc(CCCN4CCN(C)CC4)cn3n2)c1. The fourth-order valence-corrected chi connectivity index (χ4v) is 3.54. The van der Waals surface area contributed by atoms with E-state index >= 15 is 0 Å². The Morgan fingerprint density at radius 2 is 1.96 bits per heavy atom. The van der Waals surface area contributed by atoms with Crippen molar-refractivity contribution < 1.29 is 0 Å². The predicted octanol–water partition coefficient (Wildman–Crippen LogP) is 1.94. The second-order valence-electron chi connectivity index (χ2n) is 7.56. The van der Waals surface area contributed by atoms with Crippen molar-refractivity contribution in [1.82, 2.24) is 29.4 Å². The third-order valence-electron chi connectivity index (χ3n) is 5.17. The van der Waals surface area contributed by atoms with Crippen molar-refractivity contribution in [2.24, 2.45) is 0 Å². The summed E-state index contributed by atoms with van der Waals surface area (Å²) < 4.78 is 1.73. The Morgan fingerprint density at radius 3 is 2.75 bits per heavy atom. The molecule has 3 aromatic rings. The number of piperazine rings is 1. The number of likely N-dealkylation sites (N-methyl/N-ethyl adjacent to an activating group) is 1. The maximum Gasteiger partial charge on any atom is 0.247 e. The highest BCUT2D eigenvalue weighted by atomic mass is 15.4. The molecule has 0 aliphatic carbocycles. The Labute approximate surface area is 165 Å². The standard InChI is InChI=1S/C20H28N8/c1-15-5-3-6-16(13-15)23-20-24-19-18(21)22-17(14-28(19)25-20)7-4-8-27-11-9-26(2)10-12-27/h3,5-6,13-14H,4,7-12H2,1-2H3,(H2,21,22)(H,23,25). The molecule has 0 saturated carbocycles. The molecule has 28 heavy (non-hydrogen) atoms. The van der Waals surface area contributed by atoms with Crippen molar-refractivity contribution in [1.29, 1.82) is 0 Å². The van der Waals surface area contributed by atoms with Gasteiger partial charge in [0.1, 0.15) is 0 Å². The number of nitrogens with one attached hydrogen (secondary N) is 1. The number of benzene rings is 1. The van der Waals surface area contributed by atoms with Gasteiger partial charge in [-0.3, -0.25) is 0 Å². The van der Waals surface area contributed by atoms with Gasteiger partial charge in [0.2, 0.25) is 5.95 Å². The van der Waals surface area contributed by atoms with E-state index in [1.54, 1.807) is 4.52 Å². The number of nitrogens with two attached hydrogens (primary N) is 1. The summed E-state index contributed by atoms with van der Waals surface area (Å²) in [5, 5.41) is 7.76. The van der Waals surface area contributed by atoms with Crippen molar-refractivity contribution >= 4 is 23.1 Å². The first-order valence-corrected chi connectivity index (χ1v) is 9.83. The van der Waals surface area contributed by atoms with E-state index in [0.29, 0.717) is 17.4 Å². The van der Waals surface area contributed by atoms with Crippen molar-refractivity contribution in [3.63, 3.8) is 0 Å². The van der Waals surface area contributed by atoms with E-state index in [-0.39, 0.29) is 0 Å². The molecule has 1 aromatic carbocycles. The maximum absolute atomic E-state index is 6.14. The number of nitrogen functional groups attached to an aromatic ring is 1. The Hall–Kier alpha value is -2.71. The Kier molecular flexibility index (Phi) is 5.40. The molecule has 1 saturated heterocycles. The number of hydrogen-bond donors (Lipinski definition) is 2. The Bertz CT molecular complexity index is 943. The van der Waals surface area contributed by atoms with Gasteiger partial charge < -0.3 is 20.9 Å². The van der Waals surface area contributed by atoms with E-state index in [0.717, 1.165) is 56.9 Å². The minimum Gasteiger partial charge on any atom is -0.381 e. The number of fused-ring (bicyclic) bond motifs is 1. The fraction of sp³-hybridized carbons (Fsp3) is 0.450. The van der Waals surface area contributed by atoms with Crippen LogP contribution in [0.4, 0.5) is 17.5 Å². The van der Waals surface area contributed by atoms with Gasteiger partial charge in [-0.2, -0.15) is 4.98 Å². The lowest BCUT2D eigenvalue weighted by atomic mass is 10.2. The minimum absolute atomic E-state index is 0.418. The average molecular weight is 381 g/mol. The zero-order valence-corrected chi connectivity index (χ0v) is 16.6. The van der Waals surface area contributed by atoms with Crippen molar-refractivity contribution in [2.45, 2.75) is 19.8 Å². The van der Waals surface area contributed by atoms with E-state index in [9.17, 15) is 0 Å². The zero-order chi connectivity index (χ0) is 19.5. The lowest BCUT2D eigenvalue weighted by Gasteiger charge is -2.32. The third kappa shape index (κ3) is 4.40. The third-order valence-corrected chi connectivity index (χ3v) is 5.17. The van der Waals surface area contributed by atoms with Crippen molar-refractivity contribution in [3.8, 4) is 0 Å². The normalized spacial score (nSPS) is 15.9. The zero-order valence-electron chi connectivity index (χ0n) is 16.6. The predicted molar refractivity (Wildman–Crippen MR) is 112 cm³/mol. The quantitative estimate of drug-likeness (QED) is 0.676. The van der Waals surface area contributed by atoms with Crippen LogP contribution in [-0.4, -0.2) is 69.2 Å². The molecule has 8 heteroatoms. The lowest BCUT2D eigenvalue weighted by molar-refractivity contribution is 0.153. The Balaban J connectivity index is 1.41. The van der Waals surface area contributed by atoms with Gasteiger partial charge in [-0.05, 0) is 51.1 Å². The van der Waals surface area contributed by atoms with Crippen LogP contribution in [0.5, 0.6) is 0 Å². The molecule has 0 unspecified atom stereocenters. The van der Waals surface area contributed by atoms with Gasteiger partial charge in [0.15, 0.2) is 11.5 Å². The molecular weight excluding hydrogens is 352 g/mol.